The van der Waals surface area contributed by atoms with Gasteiger partial charge in [0.2, 0.25) is 0 Å². The zero-order valence-corrected chi connectivity index (χ0v) is 11.1. The van der Waals surface area contributed by atoms with Crippen LogP contribution < -0.4 is 0 Å². The molecule has 0 aliphatic heterocycles. The Morgan fingerprint density at radius 2 is 1.07 bits per heavy atom. The summed E-state index contributed by atoms with van der Waals surface area (Å²) in [5.41, 5.74) is -1.79. The average Bonchev–Trinajstić information content (AvgIpc) is 1.98. The van der Waals surface area contributed by atoms with Crippen LogP contribution in [0.25, 0.3) is 0 Å². The normalized spacial score (nSPS) is 18.6. The van der Waals surface area contributed by atoms with Crippen LogP contribution in [0.1, 0.15) is 41.5 Å². The van der Waals surface area contributed by atoms with Crippen molar-refractivity contribution in [2.24, 2.45) is 10.8 Å². The van der Waals surface area contributed by atoms with Crippen LogP contribution in [0.5, 0.6) is 0 Å². The Morgan fingerprint density at radius 1 is 0.733 bits per heavy atom. The van der Waals surface area contributed by atoms with Gasteiger partial charge in [0.05, 0.1) is 15.7 Å². The van der Waals surface area contributed by atoms with Gasteiger partial charge in [-0.2, -0.15) is 0 Å². The lowest BCUT2D eigenvalue weighted by atomic mass is 9.30. The molecule has 15 heavy (non-hydrogen) atoms. The van der Waals surface area contributed by atoms with Crippen molar-refractivity contribution >= 4 is 23.5 Å². The van der Waals surface area contributed by atoms with Gasteiger partial charge in [-0.1, -0.05) is 46.8 Å². The summed E-state index contributed by atoms with van der Waals surface area (Å²) < 4.78 is 5.42. The Morgan fingerprint density at radius 3 is 1.13 bits per heavy atom. The van der Waals surface area contributed by atoms with Crippen molar-refractivity contribution in [3.63, 3.8) is 0 Å². The number of ether oxygens (including phenoxy) is 1. The lowest BCUT2D eigenvalue weighted by Gasteiger charge is -2.59. The van der Waals surface area contributed by atoms with Gasteiger partial charge in [0.15, 0.2) is 0 Å². The van der Waals surface area contributed by atoms with Crippen LogP contribution in [-0.2, 0) is 4.74 Å². The molecule has 1 unspecified atom stereocenters. The molecule has 0 amide bonds. The second kappa shape index (κ2) is 3.87. The summed E-state index contributed by atoms with van der Waals surface area (Å²) in [5, 5.41) is -1.12. The first kappa shape index (κ1) is 15.2. The Balaban J connectivity index is 5.50. The maximum Gasteiger partial charge on any atom is 0.113 e. The molecule has 0 aromatic carbocycles. The summed E-state index contributed by atoms with van der Waals surface area (Å²) in [7, 11) is 20.2. The molecule has 0 N–H and O–H groups in total. The van der Waals surface area contributed by atoms with E-state index < -0.39 is 10.7 Å². The van der Waals surface area contributed by atoms with Gasteiger partial charge in [0.1, 0.15) is 7.85 Å². The molecule has 0 rings (SSSR count). The summed E-state index contributed by atoms with van der Waals surface area (Å²) in [5.74, 6) is 0. The molecule has 0 saturated heterocycles. The van der Waals surface area contributed by atoms with Crippen LogP contribution in [0.15, 0.2) is 0 Å². The van der Waals surface area contributed by atoms with Crippen molar-refractivity contribution in [3.05, 3.63) is 0 Å². The molecule has 1 nitrogen and oxygen atoms in total. The lowest BCUT2D eigenvalue weighted by Crippen LogP contribution is -2.60. The smallest absolute Gasteiger partial charge is 0.113 e. The fourth-order valence-electron chi connectivity index (χ4n) is 1.65. The first-order valence-electron chi connectivity index (χ1n) is 5.23. The van der Waals surface area contributed by atoms with Crippen LogP contribution in [0, 0.1) is 10.8 Å². The maximum absolute atomic E-state index is 6.27. The summed E-state index contributed by atoms with van der Waals surface area (Å²) in [6.07, 6.45) is 0. The van der Waals surface area contributed by atoms with Gasteiger partial charge in [0.25, 0.3) is 0 Å². The molecule has 80 valence electrons. The van der Waals surface area contributed by atoms with E-state index in [4.69, 9.17) is 28.3 Å². The first-order chi connectivity index (χ1) is 6.31. The molecule has 0 aromatic rings. The van der Waals surface area contributed by atoms with Crippen LogP contribution in [0.4, 0.5) is 0 Å². The first-order valence-corrected chi connectivity index (χ1v) is 5.23. The number of hydrogen-bond donors (Lipinski definition) is 0. The molecule has 0 saturated carbocycles. The standard InChI is InChI=1S/C11H21B3O/c1-8(2,3)10(12,13)11(14,15-7)9(4,5)6/h1-7H3. The van der Waals surface area contributed by atoms with Gasteiger partial charge < -0.3 is 4.74 Å². The van der Waals surface area contributed by atoms with E-state index in [2.05, 4.69) is 0 Å². The Hall–Kier alpha value is 0.155. The van der Waals surface area contributed by atoms with Crippen LogP contribution >= 0.6 is 0 Å². The van der Waals surface area contributed by atoms with Crippen molar-refractivity contribution in [1.29, 1.82) is 0 Å². The molecule has 0 bridgehead atoms. The van der Waals surface area contributed by atoms with E-state index in [1.165, 1.54) is 0 Å². The molecule has 0 aliphatic carbocycles. The molecule has 6 radical (unpaired) electrons. The van der Waals surface area contributed by atoms with E-state index in [1.54, 1.807) is 7.11 Å². The predicted octanol–water partition coefficient (Wildman–Crippen LogP) is 2.04. The van der Waals surface area contributed by atoms with Gasteiger partial charge >= 0.3 is 0 Å². The number of rotatable bonds is 2. The highest BCUT2D eigenvalue weighted by Crippen LogP contribution is 2.54. The summed E-state index contributed by atoms with van der Waals surface area (Å²) in [4.78, 5) is 0. The summed E-state index contributed by atoms with van der Waals surface area (Å²) >= 11 is 0. The number of methoxy groups -OCH3 is 1. The van der Waals surface area contributed by atoms with E-state index in [0.717, 1.165) is 0 Å². The van der Waals surface area contributed by atoms with Crippen LogP contribution in [-0.4, -0.2) is 36.1 Å². The molecule has 0 fully saturated rings. The van der Waals surface area contributed by atoms with E-state index in [9.17, 15) is 0 Å². The van der Waals surface area contributed by atoms with Gasteiger partial charge in [0, 0.05) is 12.6 Å². The molecular formula is C11H21B3O. The summed E-state index contributed by atoms with van der Waals surface area (Å²) in [6.45, 7) is 11.8. The predicted molar refractivity (Wildman–Crippen MR) is 68.6 cm³/mol. The third kappa shape index (κ3) is 2.30. The maximum atomic E-state index is 6.27. The molecule has 0 heterocycles. The van der Waals surface area contributed by atoms with E-state index in [0.29, 0.717) is 0 Å². The molecule has 4 heteroatoms. The molecule has 1 atom stereocenters. The largest absolute Gasteiger partial charge is 0.388 e. The molecule has 0 aromatic heterocycles. The van der Waals surface area contributed by atoms with E-state index >= 15 is 0 Å². The van der Waals surface area contributed by atoms with Gasteiger partial charge in [-0.05, 0) is 10.8 Å². The Bertz CT molecular complexity index is 225. The van der Waals surface area contributed by atoms with Crippen molar-refractivity contribution < 1.29 is 4.74 Å². The highest BCUT2D eigenvalue weighted by molar-refractivity contribution is 6.45. The Labute approximate surface area is 99.0 Å². The lowest BCUT2D eigenvalue weighted by molar-refractivity contribution is -0.0608. The summed E-state index contributed by atoms with van der Waals surface area (Å²) in [6, 6.07) is 0. The minimum Gasteiger partial charge on any atom is -0.388 e. The third-order valence-electron chi connectivity index (χ3n) is 3.29. The minimum absolute atomic E-state index is 0.349. The average molecular weight is 202 g/mol. The van der Waals surface area contributed by atoms with Crippen molar-refractivity contribution in [2.45, 2.75) is 52.3 Å². The highest BCUT2D eigenvalue weighted by atomic mass is 16.5. The highest BCUT2D eigenvalue weighted by Gasteiger charge is 2.52. The topological polar surface area (TPSA) is 9.23 Å². The van der Waals surface area contributed by atoms with Crippen molar-refractivity contribution in [2.75, 3.05) is 7.11 Å². The van der Waals surface area contributed by atoms with Crippen molar-refractivity contribution in [3.8, 4) is 0 Å². The zero-order valence-electron chi connectivity index (χ0n) is 11.1. The molecule has 0 spiro atoms. The zero-order chi connectivity index (χ0) is 12.7. The van der Waals surface area contributed by atoms with Crippen LogP contribution in [0.3, 0.4) is 0 Å². The second-order valence-corrected chi connectivity index (χ2v) is 6.31. The molecular weight excluding hydrogens is 181 g/mol. The number of hydrogen-bond acceptors (Lipinski definition) is 1. The second-order valence-electron chi connectivity index (χ2n) is 6.31. The van der Waals surface area contributed by atoms with E-state index in [1.807, 2.05) is 41.5 Å². The minimum atomic E-state index is -1.12. The van der Waals surface area contributed by atoms with Crippen LogP contribution in [0.2, 0.25) is 5.21 Å². The van der Waals surface area contributed by atoms with Gasteiger partial charge in [-0.15, -0.1) is 0 Å². The van der Waals surface area contributed by atoms with E-state index in [-0.39, 0.29) is 10.8 Å². The molecule has 0 aliphatic rings. The fraction of sp³-hybridized carbons (Fsp3) is 1.00. The monoisotopic (exact) mass is 202 g/mol. The van der Waals surface area contributed by atoms with Gasteiger partial charge in [-0.25, -0.2) is 0 Å². The van der Waals surface area contributed by atoms with Gasteiger partial charge in [-0.3, -0.25) is 0 Å². The third-order valence-corrected chi connectivity index (χ3v) is 3.29. The Kier molecular flexibility index (Phi) is 3.91. The SMILES string of the molecule is [B]C([B])(C(C)(C)C)C([B])(OC)C(C)(C)C. The quantitative estimate of drug-likeness (QED) is 0.622. The van der Waals surface area contributed by atoms with Crippen molar-refractivity contribution in [1.82, 2.24) is 0 Å². The fourth-order valence-corrected chi connectivity index (χ4v) is 1.65.